The molecular formula is C32H33F5N4O2. The van der Waals surface area contributed by atoms with Crippen LogP contribution < -0.4 is 10.2 Å². The molecule has 0 spiro atoms. The van der Waals surface area contributed by atoms with E-state index in [0.29, 0.717) is 31.7 Å². The van der Waals surface area contributed by atoms with Crippen LogP contribution in [0.4, 0.5) is 32.4 Å². The van der Waals surface area contributed by atoms with Crippen molar-refractivity contribution in [3.63, 3.8) is 0 Å². The summed E-state index contributed by atoms with van der Waals surface area (Å²) in [7, 11) is 0. The first-order valence-electron chi connectivity index (χ1n) is 14.2. The third-order valence-electron chi connectivity index (χ3n) is 8.47. The third-order valence-corrected chi connectivity index (χ3v) is 8.47. The van der Waals surface area contributed by atoms with Crippen molar-refractivity contribution in [1.29, 1.82) is 0 Å². The van der Waals surface area contributed by atoms with Crippen LogP contribution in [0, 0.1) is 18.6 Å². The summed E-state index contributed by atoms with van der Waals surface area (Å²) in [4.78, 5) is 32.7. The molecule has 2 aliphatic heterocycles. The van der Waals surface area contributed by atoms with Crippen LogP contribution in [-0.4, -0.2) is 67.2 Å². The fourth-order valence-electron chi connectivity index (χ4n) is 5.89. The predicted molar refractivity (Wildman–Crippen MR) is 153 cm³/mol. The molecule has 0 bridgehead atoms. The van der Waals surface area contributed by atoms with E-state index in [1.54, 1.807) is 34.1 Å². The van der Waals surface area contributed by atoms with E-state index in [4.69, 9.17) is 0 Å². The van der Waals surface area contributed by atoms with Crippen molar-refractivity contribution in [1.82, 2.24) is 15.1 Å². The zero-order valence-electron chi connectivity index (χ0n) is 23.7. The highest BCUT2D eigenvalue weighted by atomic mass is 19.4. The summed E-state index contributed by atoms with van der Waals surface area (Å²) in [5.41, 5.74) is 0.823. The number of nitrogens with one attached hydrogen (secondary N) is 1. The topological polar surface area (TPSA) is 55.9 Å². The van der Waals surface area contributed by atoms with Gasteiger partial charge in [-0.15, -0.1) is 0 Å². The van der Waals surface area contributed by atoms with Gasteiger partial charge in [-0.3, -0.25) is 4.79 Å². The van der Waals surface area contributed by atoms with Crippen LogP contribution in [0.3, 0.4) is 0 Å². The quantitative estimate of drug-likeness (QED) is 0.368. The van der Waals surface area contributed by atoms with Gasteiger partial charge in [0.15, 0.2) is 6.04 Å². The van der Waals surface area contributed by atoms with E-state index in [0.717, 1.165) is 35.5 Å². The smallest absolute Gasteiger partial charge is 0.368 e. The molecule has 1 atom stereocenters. The normalized spacial score (nSPS) is 17.9. The number of aryl methyl sites for hydroxylation is 1. The summed E-state index contributed by atoms with van der Waals surface area (Å²) in [5.74, 6) is -1.79. The fraction of sp³-hybridized carbons (Fsp3) is 0.375. The first kappa shape index (κ1) is 30.3. The molecule has 11 heteroatoms. The molecule has 2 aliphatic rings. The van der Waals surface area contributed by atoms with Crippen LogP contribution >= 0.6 is 0 Å². The van der Waals surface area contributed by atoms with Crippen molar-refractivity contribution in [2.75, 3.05) is 44.2 Å². The molecular weight excluding hydrogens is 567 g/mol. The van der Waals surface area contributed by atoms with Gasteiger partial charge in [0.1, 0.15) is 11.6 Å². The number of carbonyl (C=O) groups excluding carboxylic acids is 2. The Balaban J connectivity index is 1.30. The predicted octanol–water partition coefficient (Wildman–Crippen LogP) is 5.97. The van der Waals surface area contributed by atoms with Crippen molar-refractivity contribution in [3.8, 4) is 0 Å². The molecule has 0 saturated carbocycles. The number of hydrogen-bond acceptors (Lipinski definition) is 3. The number of alkyl halides is 3. The Morgan fingerprint density at radius 2 is 1.26 bits per heavy atom. The minimum Gasteiger partial charge on any atom is -0.368 e. The lowest BCUT2D eigenvalue weighted by Gasteiger charge is -2.44. The van der Waals surface area contributed by atoms with Crippen molar-refractivity contribution < 1.29 is 31.5 Å². The van der Waals surface area contributed by atoms with E-state index in [2.05, 4.69) is 10.2 Å². The van der Waals surface area contributed by atoms with E-state index < -0.39 is 29.4 Å². The van der Waals surface area contributed by atoms with Gasteiger partial charge in [0.25, 0.3) is 0 Å². The number of urea groups is 1. The van der Waals surface area contributed by atoms with Gasteiger partial charge >= 0.3 is 12.2 Å². The number of amides is 3. The number of benzene rings is 3. The molecule has 2 fully saturated rings. The highest BCUT2D eigenvalue weighted by Crippen LogP contribution is 2.39. The van der Waals surface area contributed by atoms with Gasteiger partial charge < -0.3 is 20.0 Å². The molecule has 2 heterocycles. The average molecular weight is 601 g/mol. The zero-order chi connectivity index (χ0) is 30.8. The average Bonchev–Trinajstić information content (AvgIpc) is 3.00. The summed E-state index contributed by atoms with van der Waals surface area (Å²) in [6, 6.07) is 14.7. The molecule has 0 radical (unpaired) electrons. The maximum atomic E-state index is 14.2. The fourth-order valence-corrected chi connectivity index (χ4v) is 5.89. The Kier molecular flexibility index (Phi) is 8.62. The van der Waals surface area contributed by atoms with E-state index in [-0.39, 0.29) is 43.3 Å². The maximum Gasteiger partial charge on any atom is 0.412 e. The van der Waals surface area contributed by atoms with Crippen LogP contribution in [0.5, 0.6) is 0 Å². The molecule has 1 unspecified atom stereocenters. The van der Waals surface area contributed by atoms with E-state index in [1.165, 1.54) is 12.1 Å². The molecule has 6 nitrogen and oxygen atoms in total. The molecule has 2 saturated heterocycles. The molecule has 1 N–H and O–H groups in total. The van der Waals surface area contributed by atoms with Gasteiger partial charge in [0.05, 0.1) is 5.41 Å². The number of halogens is 5. The maximum absolute atomic E-state index is 14.2. The lowest BCUT2D eigenvalue weighted by molar-refractivity contribution is -0.165. The number of nitrogens with zero attached hydrogens (tertiary/aromatic N) is 3. The van der Waals surface area contributed by atoms with Gasteiger partial charge in [0.2, 0.25) is 5.91 Å². The Bertz CT molecular complexity index is 1410. The van der Waals surface area contributed by atoms with Crippen molar-refractivity contribution in [2.24, 2.45) is 0 Å². The number of piperazine rings is 1. The number of carbonyl (C=O) groups is 2. The second kappa shape index (κ2) is 12.2. The van der Waals surface area contributed by atoms with Gasteiger partial charge in [-0.1, -0.05) is 42.0 Å². The van der Waals surface area contributed by atoms with E-state index in [1.807, 2.05) is 19.1 Å². The number of piperidine rings is 1. The largest absolute Gasteiger partial charge is 0.412 e. The Hall–Kier alpha value is -4.15. The number of rotatable bonds is 5. The highest BCUT2D eigenvalue weighted by Gasteiger charge is 2.49. The monoisotopic (exact) mass is 600 g/mol. The van der Waals surface area contributed by atoms with Gasteiger partial charge in [-0.05, 0) is 67.3 Å². The second-order valence-corrected chi connectivity index (χ2v) is 11.2. The van der Waals surface area contributed by atoms with Crippen molar-refractivity contribution >= 4 is 17.6 Å². The number of anilines is 1. The lowest BCUT2D eigenvalue weighted by Crippen LogP contribution is -2.58. The molecule has 0 aromatic heterocycles. The van der Waals surface area contributed by atoms with E-state index in [9.17, 15) is 31.5 Å². The van der Waals surface area contributed by atoms with E-state index >= 15 is 0 Å². The molecule has 43 heavy (non-hydrogen) atoms. The molecule has 228 valence electrons. The molecule has 3 amide bonds. The standard InChI is InChI=1S/C32H33F5N4O2/c1-22-2-6-24(7-3-22)31(29(42)38-28(32(35,36)37)23-4-8-25(33)9-5-23)14-16-40(17-15-31)30(43)41-20-18-39(19-21-41)27-12-10-26(34)11-13-27/h2-13,28H,14-21H2,1H3,(H,38,42). The summed E-state index contributed by atoms with van der Waals surface area (Å²) in [5, 5.41) is 2.22. The first-order valence-corrected chi connectivity index (χ1v) is 14.2. The number of likely N-dealkylation sites (tertiary alicyclic amines) is 1. The van der Waals surface area contributed by atoms with Crippen LogP contribution in [-0.2, 0) is 10.2 Å². The summed E-state index contributed by atoms with van der Waals surface area (Å²) in [6.07, 6.45) is -4.54. The Labute approximate surface area is 247 Å². The van der Waals surface area contributed by atoms with Gasteiger partial charge in [-0.25, -0.2) is 13.6 Å². The van der Waals surface area contributed by atoms with Crippen molar-refractivity contribution in [3.05, 3.63) is 101 Å². The van der Waals surface area contributed by atoms with Crippen LogP contribution in [0.15, 0.2) is 72.8 Å². The summed E-state index contributed by atoms with van der Waals surface area (Å²) >= 11 is 0. The number of hydrogen-bond donors (Lipinski definition) is 1. The van der Waals surface area contributed by atoms with Crippen LogP contribution in [0.1, 0.15) is 35.6 Å². The minimum atomic E-state index is -4.81. The highest BCUT2D eigenvalue weighted by molar-refractivity contribution is 5.89. The summed E-state index contributed by atoms with van der Waals surface area (Å²) in [6.45, 7) is 4.31. The molecule has 0 aliphatic carbocycles. The summed E-state index contributed by atoms with van der Waals surface area (Å²) < 4.78 is 69.2. The SMILES string of the molecule is Cc1ccc(C2(C(=O)NC(c3ccc(F)cc3)C(F)(F)F)CCN(C(=O)N3CCN(c4ccc(F)cc4)CC3)CC2)cc1. The van der Waals surface area contributed by atoms with Gasteiger partial charge in [-0.2, -0.15) is 13.2 Å². The molecule has 5 rings (SSSR count). The van der Waals surface area contributed by atoms with Crippen molar-refractivity contribution in [2.45, 2.75) is 37.4 Å². The molecule has 3 aromatic carbocycles. The van der Waals surface area contributed by atoms with Gasteiger partial charge in [0, 0.05) is 45.0 Å². The lowest BCUT2D eigenvalue weighted by atomic mass is 9.71. The minimum absolute atomic E-state index is 0.136. The first-order chi connectivity index (χ1) is 20.5. The van der Waals surface area contributed by atoms with Crippen LogP contribution in [0.2, 0.25) is 0 Å². The Morgan fingerprint density at radius 1 is 0.744 bits per heavy atom. The second-order valence-electron chi connectivity index (χ2n) is 11.2. The molecule has 3 aromatic rings. The third kappa shape index (κ3) is 6.60. The Morgan fingerprint density at radius 3 is 1.79 bits per heavy atom. The van der Waals surface area contributed by atoms with Crippen LogP contribution in [0.25, 0.3) is 0 Å². The zero-order valence-corrected chi connectivity index (χ0v) is 23.7.